The van der Waals surface area contributed by atoms with Crippen LogP contribution in [0.25, 0.3) is 0 Å². The van der Waals surface area contributed by atoms with Crippen LogP contribution in [0.1, 0.15) is 31.2 Å². The molecule has 1 saturated carbocycles. The number of amides is 1. The number of carbonyl (C=O) groups excluding carboxylic acids is 1. The summed E-state index contributed by atoms with van der Waals surface area (Å²) >= 11 is 0. The lowest BCUT2D eigenvalue weighted by Gasteiger charge is -2.28. The number of hydrogen-bond acceptors (Lipinski definition) is 3. The molecule has 2 fully saturated rings. The molecule has 1 aliphatic heterocycles. The van der Waals surface area contributed by atoms with Crippen LogP contribution in [0.15, 0.2) is 30.3 Å². The molecular weight excluding hydrogens is 306 g/mol. The summed E-state index contributed by atoms with van der Waals surface area (Å²) in [5.74, 6) is -1.26. The van der Waals surface area contributed by atoms with Crippen LogP contribution >= 0.6 is 0 Å². The van der Waals surface area contributed by atoms with Gasteiger partial charge in [-0.25, -0.2) is 0 Å². The molecular formula is C19H25NO4. The molecule has 0 aromatic heterocycles. The van der Waals surface area contributed by atoms with Crippen molar-refractivity contribution in [2.45, 2.75) is 32.1 Å². The van der Waals surface area contributed by atoms with E-state index < -0.39 is 11.9 Å². The van der Waals surface area contributed by atoms with E-state index in [9.17, 15) is 14.7 Å². The third-order valence-corrected chi connectivity index (χ3v) is 5.36. The van der Waals surface area contributed by atoms with Crippen molar-refractivity contribution in [2.24, 2.45) is 17.3 Å². The predicted molar refractivity (Wildman–Crippen MR) is 89.5 cm³/mol. The standard InChI is InChI=1S/C19H25NO4/c21-17(22)16(15-6-10-24-11-7-15)13-20-18(23)19(8-9-19)12-14-4-2-1-3-5-14/h1-5,15-16H,6-13H2,(H,20,23)(H,21,22). The van der Waals surface area contributed by atoms with Gasteiger partial charge in [0.2, 0.25) is 5.91 Å². The van der Waals surface area contributed by atoms with Gasteiger partial charge in [-0.15, -0.1) is 0 Å². The molecule has 5 nitrogen and oxygen atoms in total. The third kappa shape index (κ3) is 3.96. The van der Waals surface area contributed by atoms with Gasteiger partial charge in [0.1, 0.15) is 0 Å². The highest BCUT2D eigenvalue weighted by Gasteiger charge is 2.49. The molecule has 2 N–H and O–H groups in total. The zero-order valence-electron chi connectivity index (χ0n) is 13.9. The molecule has 5 heteroatoms. The number of aliphatic carboxylic acids is 1. The fourth-order valence-corrected chi connectivity index (χ4v) is 3.59. The zero-order valence-corrected chi connectivity index (χ0v) is 13.9. The molecule has 1 heterocycles. The summed E-state index contributed by atoms with van der Waals surface area (Å²) in [5.41, 5.74) is 0.824. The highest BCUT2D eigenvalue weighted by molar-refractivity contribution is 5.86. The number of rotatable bonds is 7. The van der Waals surface area contributed by atoms with Crippen LogP contribution in [0.4, 0.5) is 0 Å². The summed E-state index contributed by atoms with van der Waals surface area (Å²) in [4.78, 5) is 24.2. The lowest BCUT2D eigenvalue weighted by Crippen LogP contribution is -2.42. The van der Waals surface area contributed by atoms with E-state index in [1.165, 1.54) is 0 Å². The molecule has 1 aromatic rings. The Bertz CT molecular complexity index is 576. The average Bonchev–Trinajstić information content (AvgIpc) is 3.37. The maximum absolute atomic E-state index is 12.6. The monoisotopic (exact) mass is 331 g/mol. The summed E-state index contributed by atoms with van der Waals surface area (Å²) in [7, 11) is 0. The van der Waals surface area contributed by atoms with Crippen molar-refractivity contribution < 1.29 is 19.4 Å². The molecule has 1 amide bonds. The highest BCUT2D eigenvalue weighted by Crippen LogP contribution is 2.48. The van der Waals surface area contributed by atoms with Gasteiger partial charge in [-0.05, 0) is 43.6 Å². The Morgan fingerprint density at radius 3 is 2.46 bits per heavy atom. The Labute approximate surface area is 142 Å². The van der Waals surface area contributed by atoms with Crippen molar-refractivity contribution in [2.75, 3.05) is 19.8 Å². The lowest BCUT2D eigenvalue weighted by molar-refractivity contribution is -0.145. The molecule has 1 aliphatic carbocycles. The van der Waals surface area contributed by atoms with Crippen LogP contribution in [0.5, 0.6) is 0 Å². The predicted octanol–water partition coefficient (Wildman–Crippen LogP) is 2.25. The van der Waals surface area contributed by atoms with Gasteiger partial charge in [-0.3, -0.25) is 9.59 Å². The molecule has 3 rings (SSSR count). The van der Waals surface area contributed by atoms with Crippen molar-refractivity contribution in [1.29, 1.82) is 0 Å². The highest BCUT2D eigenvalue weighted by atomic mass is 16.5. The van der Waals surface area contributed by atoms with E-state index in [-0.39, 0.29) is 23.8 Å². The summed E-state index contributed by atoms with van der Waals surface area (Å²) in [6, 6.07) is 10.0. The van der Waals surface area contributed by atoms with Gasteiger partial charge in [0.25, 0.3) is 0 Å². The fraction of sp³-hybridized carbons (Fsp3) is 0.579. The zero-order chi connectivity index (χ0) is 17.0. The van der Waals surface area contributed by atoms with E-state index >= 15 is 0 Å². The first-order valence-electron chi connectivity index (χ1n) is 8.73. The minimum atomic E-state index is -0.824. The maximum Gasteiger partial charge on any atom is 0.308 e. The van der Waals surface area contributed by atoms with E-state index in [1.54, 1.807) is 0 Å². The number of carboxylic acids is 1. The smallest absolute Gasteiger partial charge is 0.308 e. The lowest BCUT2D eigenvalue weighted by atomic mass is 9.85. The first-order chi connectivity index (χ1) is 11.6. The summed E-state index contributed by atoms with van der Waals surface area (Å²) in [6.45, 7) is 1.44. The van der Waals surface area contributed by atoms with Gasteiger partial charge in [-0.2, -0.15) is 0 Å². The third-order valence-electron chi connectivity index (χ3n) is 5.36. The van der Waals surface area contributed by atoms with Crippen LogP contribution in [-0.4, -0.2) is 36.7 Å². The molecule has 1 unspecified atom stereocenters. The summed E-state index contributed by atoms with van der Waals surface area (Å²) < 4.78 is 5.31. The number of ether oxygens (including phenoxy) is 1. The van der Waals surface area contributed by atoms with Gasteiger partial charge >= 0.3 is 5.97 Å². The van der Waals surface area contributed by atoms with E-state index in [1.807, 2.05) is 30.3 Å². The van der Waals surface area contributed by atoms with Crippen LogP contribution in [0.2, 0.25) is 0 Å². The number of carboxylic acid groups (broad SMARTS) is 1. The Morgan fingerprint density at radius 1 is 1.21 bits per heavy atom. The largest absolute Gasteiger partial charge is 0.481 e. The molecule has 1 saturated heterocycles. The minimum Gasteiger partial charge on any atom is -0.481 e. The van der Waals surface area contributed by atoms with Gasteiger partial charge in [0, 0.05) is 19.8 Å². The molecule has 24 heavy (non-hydrogen) atoms. The maximum atomic E-state index is 12.6. The number of hydrogen-bond donors (Lipinski definition) is 2. The van der Waals surface area contributed by atoms with Crippen molar-refractivity contribution >= 4 is 11.9 Å². The minimum absolute atomic E-state index is 0.00432. The first-order valence-corrected chi connectivity index (χ1v) is 8.73. The van der Waals surface area contributed by atoms with Crippen LogP contribution in [0, 0.1) is 17.3 Å². The van der Waals surface area contributed by atoms with Gasteiger partial charge < -0.3 is 15.2 Å². The molecule has 0 bridgehead atoms. The number of benzene rings is 1. The molecule has 0 radical (unpaired) electrons. The Kier molecular flexibility index (Phi) is 5.19. The van der Waals surface area contributed by atoms with Gasteiger partial charge in [0.05, 0.1) is 11.3 Å². The van der Waals surface area contributed by atoms with E-state index in [0.29, 0.717) is 13.2 Å². The summed E-state index contributed by atoms with van der Waals surface area (Å²) in [5, 5.41) is 12.4. The normalized spacial score (nSPS) is 21.0. The Balaban J connectivity index is 1.56. The first kappa shape index (κ1) is 17.0. The van der Waals surface area contributed by atoms with Crippen molar-refractivity contribution in [1.82, 2.24) is 5.32 Å². The average molecular weight is 331 g/mol. The SMILES string of the molecule is O=C(O)C(CNC(=O)C1(Cc2ccccc2)CC1)C1CCOCC1. The molecule has 2 aliphatic rings. The van der Waals surface area contributed by atoms with E-state index in [0.717, 1.165) is 37.7 Å². The molecule has 130 valence electrons. The van der Waals surface area contributed by atoms with Crippen molar-refractivity contribution in [3.63, 3.8) is 0 Å². The molecule has 1 atom stereocenters. The number of carbonyl (C=O) groups is 2. The quantitative estimate of drug-likeness (QED) is 0.803. The Hall–Kier alpha value is -1.88. The second-order valence-electron chi connectivity index (χ2n) is 7.05. The van der Waals surface area contributed by atoms with Gasteiger partial charge in [-0.1, -0.05) is 30.3 Å². The molecule has 1 aromatic carbocycles. The van der Waals surface area contributed by atoms with Crippen molar-refractivity contribution in [3.05, 3.63) is 35.9 Å². The van der Waals surface area contributed by atoms with Gasteiger partial charge in [0.15, 0.2) is 0 Å². The summed E-state index contributed by atoms with van der Waals surface area (Å²) in [6.07, 6.45) is 3.99. The van der Waals surface area contributed by atoms with Crippen LogP contribution in [-0.2, 0) is 20.7 Å². The van der Waals surface area contributed by atoms with Crippen LogP contribution < -0.4 is 5.32 Å². The van der Waals surface area contributed by atoms with E-state index in [4.69, 9.17) is 4.74 Å². The van der Waals surface area contributed by atoms with Crippen LogP contribution in [0.3, 0.4) is 0 Å². The second-order valence-corrected chi connectivity index (χ2v) is 7.05. The number of nitrogens with one attached hydrogen (secondary N) is 1. The fourth-order valence-electron chi connectivity index (χ4n) is 3.59. The van der Waals surface area contributed by atoms with E-state index in [2.05, 4.69) is 5.32 Å². The molecule has 0 spiro atoms. The Morgan fingerprint density at radius 2 is 1.88 bits per heavy atom. The second kappa shape index (κ2) is 7.34. The topological polar surface area (TPSA) is 75.6 Å². The van der Waals surface area contributed by atoms with Crippen molar-refractivity contribution in [3.8, 4) is 0 Å².